The smallest absolute Gasteiger partial charge is 0.142 e. The van der Waals surface area contributed by atoms with Gasteiger partial charge in [0, 0.05) is 0 Å². The number of allylic oxidation sites excluding steroid dienone is 1. The summed E-state index contributed by atoms with van der Waals surface area (Å²) in [6.45, 7) is 2.23. The number of rotatable bonds is 7. The number of aryl methyl sites for hydroxylation is 1. The lowest BCUT2D eigenvalue weighted by Gasteiger charge is -2.02. The Bertz CT molecular complexity index is 339. The maximum absolute atomic E-state index is 10.2. The Hall–Kier alpha value is -1.37. The Labute approximate surface area is 98.2 Å². The number of benzene rings is 1. The Morgan fingerprint density at radius 2 is 2.06 bits per heavy atom. The molecule has 1 rings (SSSR count). The lowest BCUT2D eigenvalue weighted by Crippen LogP contribution is -1.86. The van der Waals surface area contributed by atoms with Crippen LogP contribution in [-0.2, 0) is 11.2 Å². The van der Waals surface area contributed by atoms with Crippen molar-refractivity contribution >= 4 is 12.4 Å². The number of aldehydes is 1. The monoisotopic (exact) mass is 216 g/mol. The molecular formula is C15H20O. The van der Waals surface area contributed by atoms with Gasteiger partial charge in [0.05, 0.1) is 0 Å². The van der Waals surface area contributed by atoms with Crippen LogP contribution in [0.15, 0.2) is 30.3 Å². The Kier molecular flexibility index (Phi) is 6.24. The highest BCUT2D eigenvalue weighted by molar-refractivity contribution is 5.73. The topological polar surface area (TPSA) is 17.1 Å². The Morgan fingerprint density at radius 1 is 1.19 bits per heavy atom. The number of unbranched alkanes of at least 4 members (excludes halogenated alkanes) is 3. The highest BCUT2D eigenvalue weighted by atomic mass is 16.1. The maximum atomic E-state index is 10.2. The molecule has 1 nitrogen and oxygen atoms in total. The zero-order valence-corrected chi connectivity index (χ0v) is 9.99. The van der Waals surface area contributed by atoms with E-state index in [4.69, 9.17) is 0 Å². The van der Waals surface area contributed by atoms with Crippen LogP contribution in [0.4, 0.5) is 0 Å². The molecule has 16 heavy (non-hydrogen) atoms. The van der Waals surface area contributed by atoms with Crippen molar-refractivity contribution in [3.8, 4) is 0 Å². The van der Waals surface area contributed by atoms with Gasteiger partial charge in [-0.25, -0.2) is 0 Å². The van der Waals surface area contributed by atoms with Gasteiger partial charge in [-0.1, -0.05) is 56.5 Å². The number of hydrogen-bond donors (Lipinski definition) is 0. The van der Waals surface area contributed by atoms with Crippen LogP contribution >= 0.6 is 0 Å². The van der Waals surface area contributed by atoms with Crippen LogP contribution in [-0.4, -0.2) is 6.29 Å². The van der Waals surface area contributed by atoms with Crippen LogP contribution in [0.3, 0.4) is 0 Å². The van der Waals surface area contributed by atoms with Gasteiger partial charge in [-0.15, -0.1) is 0 Å². The van der Waals surface area contributed by atoms with E-state index in [2.05, 4.69) is 25.1 Å². The van der Waals surface area contributed by atoms with E-state index < -0.39 is 0 Å². The minimum atomic E-state index is 0.813. The van der Waals surface area contributed by atoms with Gasteiger partial charge in [-0.05, 0) is 30.0 Å². The standard InChI is InChI=1S/C15H20O/c1-2-3-4-5-8-14-9-6-10-15(13-14)11-7-12-16/h6-7,9-13H,2-5,8H2,1H3/b11-7+. The summed E-state index contributed by atoms with van der Waals surface area (Å²) in [6.07, 6.45) is 10.5. The summed E-state index contributed by atoms with van der Waals surface area (Å²) in [5.41, 5.74) is 2.48. The molecule has 0 fully saturated rings. The predicted octanol–water partition coefficient (Wildman–Crippen LogP) is 4.02. The number of hydrogen-bond acceptors (Lipinski definition) is 1. The molecule has 1 aromatic rings. The molecule has 0 saturated heterocycles. The summed E-state index contributed by atoms with van der Waals surface area (Å²) in [6, 6.07) is 8.39. The van der Waals surface area contributed by atoms with E-state index in [1.165, 1.54) is 37.3 Å². The normalized spacial score (nSPS) is 10.8. The summed E-state index contributed by atoms with van der Waals surface area (Å²) < 4.78 is 0. The van der Waals surface area contributed by atoms with Crippen LogP contribution in [0.5, 0.6) is 0 Å². The average Bonchev–Trinajstić information content (AvgIpc) is 2.33. The highest BCUT2D eigenvalue weighted by Crippen LogP contribution is 2.11. The van der Waals surface area contributed by atoms with Crippen LogP contribution in [0.1, 0.15) is 43.7 Å². The van der Waals surface area contributed by atoms with Crippen LogP contribution in [0.2, 0.25) is 0 Å². The molecule has 0 aliphatic rings. The van der Waals surface area contributed by atoms with Crippen molar-refractivity contribution in [2.75, 3.05) is 0 Å². The van der Waals surface area contributed by atoms with Crippen molar-refractivity contribution in [1.29, 1.82) is 0 Å². The molecule has 0 aliphatic heterocycles. The molecule has 0 radical (unpaired) electrons. The molecule has 0 spiro atoms. The highest BCUT2D eigenvalue weighted by Gasteiger charge is 1.94. The molecule has 1 aromatic carbocycles. The first-order valence-electron chi connectivity index (χ1n) is 6.07. The fourth-order valence-corrected chi connectivity index (χ4v) is 1.76. The van der Waals surface area contributed by atoms with Crippen molar-refractivity contribution in [2.24, 2.45) is 0 Å². The molecule has 0 aromatic heterocycles. The van der Waals surface area contributed by atoms with Gasteiger partial charge in [0.2, 0.25) is 0 Å². The van der Waals surface area contributed by atoms with Crippen molar-refractivity contribution in [2.45, 2.75) is 39.0 Å². The van der Waals surface area contributed by atoms with E-state index in [9.17, 15) is 4.79 Å². The maximum Gasteiger partial charge on any atom is 0.142 e. The van der Waals surface area contributed by atoms with E-state index in [1.54, 1.807) is 0 Å². The SMILES string of the molecule is CCCCCCc1cccc(/C=C/C=O)c1. The fraction of sp³-hybridized carbons (Fsp3) is 0.400. The van der Waals surface area contributed by atoms with E-state index in [-0.39, 0.29) is 0 Å². The molecule has 1 heteroatoms. The van der Waals surface area contributed by atoms with E-state index >= 15 is 0 Å². The van der Waals surface area contributed by atoms with Crippen LogP contribution < -0.4 is 0 Å². The van der Waals surface area contributed by atoms with Gasteiger partial charge in [-0.3, -0.25) is 4.79 Å². The fourth-order valence-electron chi connectivity index (χ4n) is 1.76. The number of carbonyl (C=O) groups is 1. The summed E-state index contributed by atoms with van der Waals surface area (Å²) in [5.74, 6) is 0. The molecule has 0 bridgehead atoms. The third-order valence-electron chi connectivity index (χ3n) is 2.64. The molecule has 86 valence electrons. The zero-order valence-electron chi connectivity index (χ0n) is 9.99. The van der Waals surface area contributed by atoms with Gasteiger partial charge in [0.25, 0.3) is 0 Å². The Balaban J connectivity index is 2.47. The molecule has 0 heterocycles. The summed E-state index contributed by atoms with van der Waals surface area (Å²) in [7, 11) is 0. The largest absolute Gasteiger partial charge is 0.299 e. The van der Waals surface area contributed by atoms with Crippen LogP contribution in [0.25, 0.3) is 6.08 Å². The minimum absolute atomic E-state index is 0.813. The Morgan fingerprint density at radius 3 is 2.81 bits per heavy atom. The van der Waals surface area contributed by atoms with Gasteiger partial charge in [-0.2, -0.15) is 0 Å². The summed E-state index contributed by atoms with van der Waals surface area (Å²) in [4.78, 5) is 10.2. The molecule has 0 unspecified atom stereocenters. The molecule has 0 saturated carbocycles. The van der Waals surface area contributed by atoms with Gasteiger partial charge in [0.15, 0.2) is 0 Å². The first-order chi connectivity index (χ1) is 7.86. The predicted molar refractivity (Wildman–Crippen MR) is 69.4 cm³/mol. The first-order valence-corrected chi connectivity index (χ1v) is 6.07. The molecule has 0 amide bonds. The van der Waals surface area contributed by atoms with Crippen molar-refractivity contribution in [3.63, 3.8) is 0 Å². The lowest BCUT2D eigenvalue weighted by atomic mass is 10.0. The quantitative estimate of drug-likeness (QED) is 0.382. The van der Waals surface area contributed by atoms with Crippen molar-refractivity contribution in [1.82, 2.24) is 0 Å². The lowest BCUT2D eigenvalue weighted by molar-refractivity contribution is -0.104. The second-order valence-corrected chi connectivity index (χ2v) is 4.05. The second kappa shape index (κ2) is 7.86. The van der Waals surface area contributed by atoms with E-state index in [0.29, 0.717) is 0 Å². The third-order valence-corrected chi connectivity index (χ3v) is 2.64. The number of carbonyl (C=O) groups excluding carboxylic acids is 1. The van der Waals surface area contributed by atoms with Crippen molar-refractivity contribution < 1.29 is 4.79 Å². The van der Waals surface area contributed by atoms with Crippen molar-refractivity contribution in [3.05, 3.63) is 41.5 Å². The zero-order chi connectivity index (χ0) is 11.6. The third kappa shape index (κ3) is 4.92. The summed E-state index contributed by atoms with van der Waals surface area (Å²) >= 11 is 0. The molecule has 0 atom stereocenters. The van der Waals surface area contributed by atoms with Gasteiger partial charge in [0.1, 0.15) is 6.29 Å². The summed E-state index contributed by atoms with van der Waals surface area (Å²) in [5, 5.41) is 0. The molecule has 0 N–H and O–H groups in total. The molecule has 0 aliphatic carbocycles. The van der Waals surface area contributed by atoms with Gasteiger partial charge < -0.3 is 0 Å². The first kappa shape index (κ1) is 12.7. The molecular weight excluding hydrogens is 196 g/mol. The van der Waals surface area contributed by atoms with E-state index in [1.807, 2.05) is 12.1 Å². The minimum Gasteiger partial charge on any atom is -0.299 e. The van der Waals surface area contributed by atoms with Crippen LogP contribution in [0, 0.1) is 0 Å². The second-order valence-electron chi connectivity index (χ2n) is 4.05. The average molecular weight is 216 g/mol. The van der Waals surface area contributed by atoms with E-state index in [0.717, 1.165) is 18.3 Å². The van der Waals surface area contributed by atoms with Gasteiger partial charge >= 0.3 is 0 Å².